The minimum atomic E-state index is 0.451. The molecule has 0 radical (unpaired) electrons. The Labute approximate surface area is 83.1 Å². The Morgan fingerprint density at radius 2 is 2.54 bits per heavy atom. The summed E-state index contributed by atoms with van der Waals surface area (Å²) in [5, 5.41) is 3.42. The lowest BCUT2D eigenvalue weighted by atomic mass is 10.2. The van der Waals surface area contributed by atoms with Crippen LogP contribution in [0.3, 0.4) is 0 Å². The predicted octanol–water partition coefficient (Wildman–Crippen LogP) is 1.66. The Morgan fingerprint density at radius 1 is 1.69 bits per heavy atom. The number of hydrogen-bond donors (Lipinski definition) is 1. The third-order valence-corrected chi connectivity index (χ3v) is 2.69. The number of hydrogen-bond acceptors (Lipinski definition) is 4. The normalized spacial score (nSPS) is 13.1. The summed E-state index contributed by atoms with van der Waals surface area (Å²) in [6.07, 6.45) is 2.99. The van der Waals surface area contributed by atoms with Gasteiger partial charge in [-0.15, -0.1) is 11.3 Å². The summed E-state index contributed by atoms with van der Waals surface area (Å²) in [6, 6.07) is 0.451. The predicted molar refractivity (Wildman–Crippen MR) is 54.9 cm³/mol. The smallest absolute Gasteiger partial charge is 0.0794 e. The maximum absolute atomic E-state index is 5.09. The number of methoxy groups -OCH3 is 1. The van der Waals surface area contributed by atoms with E-state index < -0.39 is 0 Å². The SMILES string of the molecule is CC[C@@H](COC)NCc1cncs1. The molecule has 0 aliphatic heterocycles. The highest BCUT2D eigenvalue weighted by atomic mass is 32.1. The fourth-order valence-corrected chi connectivity index (χ4v) is 1.64. The van der Waals surface area contributed by atoms with Crippen LogP contribution >= 0.6 is 11.3 Å². The maximum Gasteiger partial charge on any atom is 0.0794 e. The van der Waals surface area contributed by atoms with Crippen molar-refractivity contribution in [2.45, 2.75) is 25.9 Å². The standard InChI is InChI=1S/C9H16N2OS/c1-3-8(6-12-2)11-5-9-4-10-7-13-9/h4,7-8,11H,3,5-6H2,1-2H3/t8-/m0/s1. The van der Waals surface area contributed by atoms with Crippen molar-refractivity contribution < 1.29 is 4.74 Å². The van der Waals surface area contributed by atoms with E-state index in [-0.39, 0.29) is 0 Å². The molecule has 3 nitrogen and oxygen atoms in total. The zero-order valence-corrected chi connectivity index (χ0v) is 8.93. The van der Waals surface area contributed by atoms with Crippen LogP contribution in [0.15, 0.2) is 11.7 Å². The monoisotopic (exact) mass is 200 g/mol. The first-order valence-electron chi connectivity index (χ1n) is 4.46. The number of thiazole rings is 1. The lowest BCUT2D eigenvalue weighted by Crippen LogP contribution is -2.31. The van der Waals surface area contributed by atoms with E-state index in [1.54, 1.807) is 18.4 Å². The van der Waals surface area contributed by atoms with E-state index in [9.17, 15) is 0 Å². The molecule has 1 atom stereocenters. The summed E-state index contributed by atoms with van der Waals surface area (Å²) in [4.78, 5) is 5.29. The van der Waals surface area contributed by atoms with Crippen LogP contribution in [0.25, 0.3) is 0 Å². The second-order valence-electron chi connectivity index (χ2n) is 2.91. The minimum absolute atomic E-state index is 0.451. The van der Waals surface area contributed by atoms with Crippen LogP contribution in [0, 0.1) is 0 Å². The van der Waals surface area contributed by atoms with Crippen LogP contribution in [-0.2, 0) is 11.3 Å². The van der Waals surface area contributed by atoms with E-state index in [0.717, 1.165) is 19.6 Å². The summed E-state index contributed by atoms with van der Waals surface area (Å²) in [6.45, 7) is 3.82. The summed E-state index contributed by atoms with van der Waals surface area (Å²) in [5.41, 5.74) is 1.86. The number of rotatable bonds is 6. The Morgan fingerprint density at radius 3 is 3.08 bits per heavy atom. The highest BCUT2D eigenvalue weighted by Gasteiger charge is 2.04. The van der Waals surface area contributed by atoms with E-state index in [0.29, 0.717) is 6.04 Å². The highest BCUT2D eigenvalue weighted by molar-refractivity contribution is 7.09. The summed E-state index contributed by atoms with van der Waals surface area (Å²) < 4.78 is 5.09. The molecule has 1 N–H and O–H groups in total. The van der Waals surface area contributed by atoms with Gasteiger partial charge in [-0.2, -0.15) is 0 Å². The highest BCUT2D eigenvalue weighted by Crippen LogP contribution is 2.05. The lowest BCUT2D eigenvalue weighted by molar-refractivity contribution is 0.164. The van der Waals surface area contributed by atoms with Gasteiger partial charge in [0.05, 0.1) is 12.1 Å². The molecular formula is C9H16N2OS. The molecule has 0 fully saturated rings. The maximum atomic E-state index is 5.09. The summed E-state index contributed by atoms with van der Waals surface area (Å²) in [5.74, 6) is 0. The second kappa shape index (κ2) is 6.07. The molecule has 4 heteroatoms. The fourth-order valence-electron chi connectivity index (χ4n) is 1.10. The first kappa shape index (κ1) is 10.6. The minimum Gasteiger partial charge on any atom is -0.383 e. The molecule has 0 aliphatic rings. The van der Waals surface area contributed by atoms with E-state index >= 15 is 0 Å². The average Bonchev–Trinajstić information content (AvgIpc) is 2.64. The van der Waals surface area contributed by atoms with Crippen molar-refractivity contribution in [3.05, 3.63) is 16.6 Å². The van der Waals surface area contributed by atoms with E-state index in [1.165, 1.54) is 4.88 Å². The van der Waals surface area contributed by atoms with Gasteiger partial charge in [0.15, 0.2) is 0 Å². The second-order valence-corrected chi connectivity index (χ2v) is 3.88. The molecule has 1 aromatic rings. The first-order chi connectivity index (χ1) is 6.36. The molecule has 0 aromatic carbocycles. The Kier molecular flexibility index (Phi) is 4.97. The van der Waals surface area contributed by atoms with Gasteiger partial charge < -0.3 is 10.1 Å². The molecule has 1 heterocycles. The molecule has 0 spiro atoms. The summed E-state index contributed by atoms with van der Waals surface area (Å²) >= 11 is 1.68. The zero-order chi connectivity index (χ0) is 9.52. The third kappa shape index (κ3) is 3.85. The van der Waals surface area contributed by atoms with E-state index in [1.807, 2.05) is 11.7 Å². The van der Waals surface area contributed by atoms with Gasteiger partial charge in [0.2, 0.25) is 0 Å². The topological polar surface area (TPSA) is 34.1 Å². The average molecular weight is 200 g/mol. The van der Waals surface area contributed by atoms with E-state index in [2.05, 4.69) is 17.2 Å². The first-order valence-corrected chi connectivity index (χ1v) is 5.34. The van der Waals surface area contributed by atoms with Crippen LogP contribution in [0.5, 0.6) is 0 Å². The molecule has 0 aliphatic carbocycles. The van der Waals surface area contributed by atoms with Crippen LogP contribution in [0.2, 0.25) is 0 Å². The van der Waals surface area contributed by atoms with Crippen molar-refractivity contribution in [1.29, 1.82) is 0 Å². The molecule has 1 aromatic heterocycles. The van der Waals surface area contributed by atoms with Gasteiger partial charge in [0.25, 0.3) is 0 Å². The van der Waals surface area contributed by atoms with Gasteiger partial charge in [-0.3, -0.25) is 4.98 Å². The van der Waals surface area contributed by atoms with Gasteiger partial charge in [-0.05, 0) is 6.42 Å². The molecule has 0 saturated heterocycles. The molecule has 1 rings (SSSR count). The number of ether oxygens (including phenoxy) is 1. The Balaban J connectivity index is 2.23. The van der Waals surface area contributed by atoms with Crippen molar-refractivity contribution in [3.63, 3.8) is 0 Å². The van der Waals surface area contributed by atoms with Gasteiger partial charge in [-0.25, -0.2) is 0 Å². The molecule has 74 valence electrons. The van der Waals surface area contributed by atoms with Crippen LogP contribution in [-0.4, -0.2) is 24.7 Å². The van der Waals surface area contributed by atoms with Crippen LogP contribution in [0.4, 0.5) is 0 Å². The number of aromatic nitrogens is 1. The van der Waals surface area contributed by atoms with Crippen LogP contribution < -0.4 is 5.32 Å². The van der Waals surface area contributed by atoms with E-state index in [4.69, 9.17) is 4.74 Å². The van der Waals surface area contributed by atoms with Crippen LogP contribution in [0.1, 0.15) is 18.2 Å². The van der Waals surface area contributed by atoms with Gasteiger partial charge >= 0.3 is 0 Å². The summed E-state index contributed by atoms with van der Waals surface area (Å²) in [7, 11) is 1.73. The molecule has 13 heavy (non-hydrogen) atoms. The van der Waals surface area contributed by atoms with Crippen molar-refractivity contribution in [3.8, 4) is 0 Å². The molecule has 0 unspecified atom stereocenters. The fraction of sp³-hybridized carbons (Fsp3) is 0.667. The molecule has 0 saturated carbocycles. The lowest BCUT2D eigenvalue weighted by Gasteiger charge is -2.14. The largest absolute Gasteiger partial charge is 0.383 e. The Bertz CT molecular complexity index is 213. The van der Waals surface area contributed by atoms with Crippen molar-refractivity contribution in [2.75, 3.05) is 13.7 Å². The third-order valence-electron chi connectivity index (χ3n) is 1.91. The van der Waals surface area contributed by atoms with Crippen molar-refractivity contribution in [1.82, 2.24) is 10.3 Å². The van der Waals surface area contributed by atoms with Crippen molar-refractivity contribution in [2.24, 2.45) is 0 Å². The molecular weight excluding hydrogens is 184 g/mol. The quantitative estimate of drug-likeness (QED) is 0.758. The molecule has 0 bridgehead atoms. The van der Waals surface area contributed by atoms with Gasteiger partial charge in [0.1, 0.15) is 0 Å². The Hall–Kier alpha value is -0.450. The molecule has 0 amide bonds. The van der Waals surface area contributed by atoms with Gasteiger partial charge in [-0.1, -0.05) is 6.92 Å². The van der Waals surface area contributed by atoms with Crippen molar-refractivity contribution >= 4 is 11.3 Å². The number of nitrogens with one attached hydrogen (secondary N) is 1. The number of nitrogens with zero attached hydrogens (tertiary/aromatic N) is 1. The van der Waals surface area contributed by atoms with Gasteiger partial charge in [0, 0.05) is 30.8 Å². The zero-order valence-electron chi connectivity index (χ0n) is 8.12.